The smallest absolute Gasteiger partial charge is 0.322 e. The Morgan fingerprint density at radius 2 is 1.10 bits per heavy atom. The lowest BCUT2D eigenvalue weighted by atomic mass is 9.98. The number of aliphatic hydroxyl groups excluding tert-OH is 1. The van der Waals surface area contributed by atoms with E-state index in [1.54, 1.807) is 71.9 Å². The number of rotatable bonds is 44. The van der Waals surface area contributed by atoms with Crippen LogP contribution in [0.4, 0.5) is 0 Å². The number of primary amides is 1. The molecule has 34 nitrogen and oxygen atoms in total. The van der Waals surface area contributed by atoms with Crippen LogP contribution in [0.1, 0.15) is 137 Å². The summed E-state index contributed by atoms with van der Waals surface area (Å²) in [6.07, 6.45) is 3.74. The SMILES string of the molecule is CC(C)C[C@H](NC(=O)[C@H](Cc1ccccc1)NC(=O)[C@H](CCCCN)NC(=O)[C@H](CC(C)C)NC(=O)[C@@H](N)Cc1cnc[nH]1)C(=O)N[C@@H](CC(N)=O)C(=O)N[C@H](C(=O)N[C@@H](CC(C)C)C(=O)N[C@@H](CO)C(=O)N1CCC[C@H]1C(=O)N[C@@H](CCCN=C(N)N)C(=O)NCC(=O)O)C(C)C. The standard InChI is InChI=1S/C64H105N19O15/c1-34(2)24-43(76-53(88)40(66)28-39-30-70-33-73-39)56(91)74-42(18-12-13-21-65)55(90)78-46(27-38-16-10-9-11-17-38)59(94)77-44(25-35(3)4)57(92)79-47(29-50(67)85)60(95)82-52(37(7)8)62(97)80-45(26-36(5)6)58(93)81-48(32-84)63(98)83-23-15-20-49(83)61(96)75-41(19-14-22-71-64(68)69)54(89)72-31-51(86)87/h9-11,16-17,30,33-37,40-49,52,84H,12-15,18-29,31-32,65-66H2,1-8H3,(H2,67,85)(H,70,73)(H,72,89)(H,74,91)(H,75,96)(H,76,88)(H,77,94)(H,78,90)(H,79,92)(H,80,97)(H,81,93)(H,82,95)(H,86,87)(H4,68,69,71)/t40-,41-,42-,43-,44-,45-,46-,47-,48-,49-,52-/m0/s1. The number of aromatic nitrogens is 2. The van der Waals surface area contributed by atoms with Gasteiger partial charge in [0, 0.05) is 37.8 Å². The van der Waals surface area contributed by atoms with Crippen molar-refractivity contribution in [1.82, 2.24) is 68.0 Å². The number of carbonyl (C=O) groups excluding carboxylic acids is 12. The molecule has 34 heteroatoms. The number of carboxylic acid groups (broad SMARTS) is 1. The van der Waals surface area contributed by atoms with Gasteiger partial charge in [-0.2, -0.15) is 0 Å². The van der Waals surface area contributed by atoms with Crippen molar-refractivity contribution >= 4 is 82.8 Å². The van der Waals surface area contributed by atoms with Crippen LogP contribution in [0.2, 0.25) is 0 Å². The van der Waals surface area contributed by atoms with E-state index in [0.29, 0.717) is 30.5 Å². The number of carboxylic acids is 1. The van der Waals surface area contributed by atoms with Crippen molar-refractivity contribution in [2.24, 2.45) is 57.3 Å². The average molecular weight is 1380 g/mol. The summed E-state index contributed by atoms with van der Waals surface area (Å²) in [5.41, 5.74) is 29.6. The number of unbranched alkanes of at least 4 members (excludes halogenated alkanes) is 1. The molecule has 12 amide bonds. The zero-order chi connectivity index (χ0) is 73.3. The van der Waals surface area contributed by atoms with E-state index in [2.05, 4.69) is 68.1 Å². The van der Waals surface area contributed by atoms with Gasteiger partial charge in [-0.25, -0.2) is 4.98 Å². The van der Waals surface area contributed by atoms with Crippen molar-refractivity contribution in [1.29, 1.82) is 0 Å². The summed E-state index contributed by atoms with van der Waals surface area (Å²) in [6, 6.07) is -6.39. The predicted molar refractivity (Wildman–Crippen MR) is 360 cm³/mol. The first-order valence-corrected chi connectivity index (χ1v) is 33.2. The second-order valence-corrected chi connectivity index (χ2v) is 26.1. The number of amides is 12. The Bertz CT molecular complexity index is 3000. The van der Waals surface area contributed by atoms with Crippen LogP contribution in [-0.4, -0.2) is 207 Å². The fourth-order valence-corrected chi connectivity index (χ4v) is 10.8. The molecule has 23 N–H and O–H groups in total. The summed E-state index contributed by atoms with van der Waals surface area (Å²) < 4.78 is 0. The second-order valence-electron chi connectivity index (χ2n) is 26.1. The van der Waals surface area contributed by atoms with E-state index in [1.165, 1.54) is 12.5 Å². The fraction of sp³-hybridized carbons (Fsp3) is 0.641. The van der Waals surface area contributed by atoms with Crippen LogP contribution in [0, 0.1) is 23.7 Å². The number of carbonyl (C=O) groups is 13. The number of aliphatic hydroxyl groups is 1. The predicted octanol–water partition coefficient (Wildman–Crippen LogP) is -4.08. The maximum absolute atomic E-state index is 14.7. The van der Waals surface area contributed by atoms with Crippen LogP contribution in [0.3, 0.4) is 0 Å². The lowest BCUT2D eigenvalue weighted by molar-refractivity contribution is -0.143. The Hall–Kier alpha value is -9.31. The highest BCUT2D eigenvalue weighted by Gasteiger charge is 2.41. The minimum Gasteiger partial charge on any atom is -0.480 e. The van der Waals surface area contributed by atoms with Crippen LogP contribution in [0.25, 0.3) is 0 Å². The number of H-pyrrole nitrogens is 1. The second kappa shape index (κ2) is 42.4. The van der Waals surface area contributed by atoms with Crippen molar-refractivity contribution < 1.29 is 72.5 Å². The molecule has 2 aromatic rings. The molecule has 0 spiro atoms. The zero-order valence-electron chi connectivity index (χ0n) is 57.4. The molecule has 546 valence electrons. The number of nitrogens with one attached hydrogen (secondary N) is 11. The Balaban J connectivity index is 1.86. The van der Waals surface area contributed by atoms with Crippen LogP contribution >= 0.6 is 0 Å². The molecule has 0 saturated carbocycles. The summed E-state index contributed by atoms with van der Waals surface area (Å²) in [5.74, 6) is -13.3. The third kappa shape index (κ3) is 29.6. The average Bonchev–Trinajstić information content (AvgIpc) is 1.51. The molecule has 3 rings (SSSR count). The van der Waals surface area contributed by atoms with E-state index < -0.39 is 169 Å². The zero-order valence-corrected chi connectivity index (χ0v) is 57.4. The van der Waals surface area contributed by atoms with Gasteiger partial charge in [-0.1, -0.05) is 85.7 Å². The quantitative estimate of drug-likeness (QED) is 0.0170. The summed E-state index contributed by atoms with van der Waals surface area (Å²) >= 11 is 0. The number of imidazole rings is 1. The number of likely N-dealkylation sites (tertiary alicyclic amines) is 1. The van der Waals surface area contributed by atoms with E-state index in [4.69, 9.17) is 33.8 Å². The molecular weight excluding hydrogens is 1270 g/mol. The van der Waals surface area contributed by atoms with Gasteiger partial charge in [0.1, 0.15) is 67.0 Å². The van der Waals surface area contributed by atoms with Gasteiger partial charge in [-0.05, 0) is 100.0 Å². The lowest BCUT2D eigenvalue weighted by Crippen LogP contribution is -2.62. The number of aliphatic imine (C=N–C) groups is 1. The Kier molecular flexibility index (Phi) is 35.9. The lowest BCUT2D eigenvalue weighted by Gasteiger charge is -2.31. The summed E-state index contributed by atoms with van der Waals surface area (Å²) in [7, 11) is 0. The molecule has 98 heavy (non-hydrogen) atoms. The third-order valence-electron chi connectivity index (χ3n) is 15.8. The highest BCUT2D eigenvalue weighted by molar-refractivity contribution is 6.00. The van der Waals surface area contributed by atoms with E-state index in [-0.39, 0.29) is 101 Å². The first kappa shape index (κ1) is 82.9. The number of nitrogens with zero attached hydrogens (tertiary/aromatic N) is 3. The molecule has 1 fully saturated rings. The summed E-state index contributed by atoms with van der Waals surface area (Å²) in [5, 5.41) is 45.6. The number of aromatic amines is 1. The van der Waals surface area contributed by atoms with Crippen LogP contribution < -0.4 is 81.8 Å². The molecule has 1 aliphatic heterocycles. The molecule has 0 unspecified atom stereocenters. The molecule has 0 aliphatic carbocycles. The number of benzene rings is 1. The summed E-state index contributed by atoms with van der Waals surface area (Å²) in [4.78, 5) is 190. The monoisotopic (exact) mass is 1380 g/mol. The molecule has 11 atom stereocenters. The normalized spacial score (nSPS) is 15.9. The minimum absolute atomic E-state index is 0.00238. The van der Waals surface area contributed by atoms with Crippen molar-refractivity contribution in [3.63, 3.8) is 0 Å². The van der Waals surface area contributed by atoms with Gasteiger partial charge in [-0.3, -0.25) is 67.3 Å². The number of hydrogen-bond donors (Lipinski definition) is 18. The van der Waals surface area contributed by atoms with Crippen LogP contribution in [0.15, 0.2) is 47.8 Å². The van der Waals surface area contributed by atoms with Gasteiger partial charge >= 0.3 is 5.97 Å². The molecule has 1 aromatic heterocycles. The molecule has 1 aromatic carbocycles. The number of guanidine groups is 1. The highest BCUT2D eigenvalue weighted by Crippen LogP contribution is 2.21. The fourth-order valence-electron chi connectivity index (χ4n) is 10.8. The Morgan fingerprint density at radius 3 is 1.62 bits per heavy atom. The Labute approximate surface area is 571 Å². The largest absolute Gasteiger partial charge is 0.480 e. The maximum Gasteiger partial charge on any atom is 0.322 e. The molecule has 0 radical (unpaired) electrons. The first-order valence-electron chi connectivity index (χ1n) is 33.2. The van der Waals surface area contributed by atoms with Crippen molar-refractivity contribution in [2.45, 2.75) is 205 Å². The van der Waals surface area contributed by atoms with Crippen LogP contribution in [-0.2, 0) is 75.2 Å². The number of hydrogen-bond acceptors (Lipinski definition) is 18. The Morgan fingerprint density at radius 1 is 0.602 bits per heavy atom. The van der Waals surface area contributed by atoms with E-state index in [9.17, 15) is 67.4 Å². The molecule has 0 bridgehead atoms. The topological polar surface area (TPSA) is 557 Å². The van der Waals surface area contributed by atoms with Gasteiger partial charge in [0.25, 0.3) is 0 Å². The van der Waals surface area contributed by atoms with Crippen molar-refractivity contribution in [2.75, 3.05) is 32.8 Å². The van der Waals surface area contributed by atoms with E-state index >= 15 is 0 Å². The van der Waals surface area contributed by atoms with E-state index in [1.807, 2.05) is 13.8 Å². The highest BCUT2D eigenvalue weighted by atomic mass is 16.4. The molecule has 2 heterocycles. The van der Waals surface area contributed by atoms with Gasteiger partial charge in [0.05, 0.1) is 25.4 Å². The summed E-state index contributed by atoms with van der Waals surface area (Å²) in [6.45, 7) is 12.4. The van der Waals surface area contributed by atoms with Crippen molar-refractivity contribution in [3.8, 4) is 0 Å². The first-order chi connectivity index (χ1) is 46.2. The van der Waals surface area contributed by atoms with Crippen LogP contribution in [0.5, 0.6) is 0 Å². The van der Waals surface area contributed by atoms with Gasteiger partial charge < -0.3 is 102 Å². The number of aliphatic carboxylic acids is 1. The molecule has 1 saturated heterocycles. The van der Waals surface area contributed by atoms with Gasteiger partial charge in [0.15, 0.2) is 5.96 Å². The van der Waals surface area contributed by atoms with Gasteiger partial charge in [0.2, 0.25) is 70.9 Å². The number of nitrogens with two attached hydrogens (primary N) is 5. The van der Waals surface area contributed by atoms with E-state index in [0.717, 1.165) is 4.90 Å². The molecular formula is C64H105N19O15. The minimum atomic E-state index is -1.76. The maximum atomic E-state index is 14.7. The molecule has 1 aliphatic rings. The third-order valence-corrected chi connectivity index (χ3v) is 15.8. The van der Waals surface area contributed by atoms with Crippen molar-refractivity contribution in [3.05, 3.63) is 54.1 Å². The van der Waals surface area contributed by atoms with Gasteiger partial charge in [-0.15, -0.1) is 0 Å².